The molecule has 0 fully saturated rings. The number of anilines is 1. The quantitative estimate of drug-likeness (QED) is 0.232. The van der Waals surface area contributed by atoms with Crippen LogP contribution in [0.4, 0.5) is 5.69 Å². The summed E-state index contributed by atoms with van der Waals surface area (Å²) in [5.74, 6) is -0.382. The first-order valence-electron chi connectivity index (χ1n) is 10.5. The first-order chi connectivity index (χ1) is 15.7. The number of aromatic carboxylic acids is 1. The van der Waals surface area contributed by atoms with E-state index in [1.165, 1.54) is 17.7 Å². The van der Waals surface area contributed by atoms with Crippen molar-refractivity contribution < 1.29 is 15.0 Å². The van der Waals surface area contributed by atoms with Crippen LogP contribution in [0.15, 0.2) is 53.6 Å². The van der Waals surface area contributed by atoms with Gasteiger partial charge in [-0.3, -0.25) is 10.1 Å². The van der Waals surface area contributed by atoms with Crippen molar-refractivity contribution in [2.24, 2.45) is 18.1 Å². The lowest BCUT2D eigenvalue weighted by Crippen LogP contribution is -2.25. The molecule has 0 atom stereocenters. The van der Waals surface area contributed by atoms with E-state index < -0.39 is 5.97 Å². The average molecular weight is 466 g/mol. The number of carboxylic acid groups (broad SMARTS) is 1. The van der Waals surface area contributed by atoms with Crippen LogP contribution >= 0.6 is 12.2 Å². The molecule has 1 aromatic heterocycles. The van der Waals surface area contributed by atoms with E-state index in [2.05, 4.69) is 46.9 Å². The summed E-state index contributed by atoms with van der Waals surface area (Å²) in [4.78, 5) is 10.9. The maximum Gasteiger partial charge on any atom is 0.335 e. The normalized spacial score (nSPS) is 11.5. The fraction of sp³-hybridized carbons (Fsp3) is 0.250. The zero-order valence-electron chi connectivity index (χ0n) is 19.0. The minimum Gasteiger partial charge on any atom is -0.504 e. The minimum atomic E-state index is -0.997. The van der Waals surface area contributed by atoms with Gasteiger partial charge in [0.05, 0.1) is 11.3 Å². The van der Waals surface area contributed by atoms with E-state index >= 15 is 0 Å². The van der Waals surface area contributed by atoms with Crippen LogP contribution < -0.4 is 10.7 Å². The molecule has 172 valence electrons. The average Bonchev–Trinajstić information content (AvgIpc) is 3.06. The maximum absolute atomic E-state index is 10.9. The molecular weight excluding hydrogens is 438 g/mol. The maximum atomic E-state index is 10.9. The van der Waals surface area contributed by atoms with Gasteiger partial charge in [-0.25, -0.2) is 4.79 Å². The lowest BCUT2D eigenvalue weighted by Gasteiger charge is -2.08. The number of aromatic nitrogens is 2. The fourth-order valence-corrected chi connectivity index (χ4v) is 3.56. The lowest BCUT2D eigenvalue weighted by molar-refractivity contribution is 0.0697. The highest BCUT2D eigenvalue weighted by atomic mass is 32.1. The molecule has 3 aromatic rings. The molecule has 0 aliphatic heterocycles. The van der Waals surface area contributed by atoms with Crippen LogP contribution in [0.1, 0.15) is 42.4 Å². The van der Waals surface area contributed by atoms with E-state index in [0.717, 1.165) is 12.0 Å². The van der Waals surface area contributed by atoms with E-state index in [0.29, 0.717) is 28.7 Å². The second-order valence-electron chi connectivity index (χ2n) is 8.11. The zero-order valence-corrected chi connectivity index (χ0v) is 19.8. The van der Waals surface area contributed by atoms with Crippen molar-refractivity contribution in [1.29, 1.82) is 0 Å². The molecule has 0 aliphatic carbocycles. The van der Waals surface area contributed by atoms with E-state index in [1.54, 1.807) is 30.8 Å². The Morgan fingerprint density at radius 2 is 1.79 bits per heavy atom. The number of nitrogens with zero attached hydrogens (tertiary/aromatic N) is 3. The molecule has 4 N–H and O–H groups in total. The number of aryl methyl sites for hydroxylation is 1. The Kier molecular flexibility index (Phi) is 7.44. The third kappa shape index (κ3) is 5.95. The summed E-state index contributed by atoms with van der Waals surface area (Å²) in [5, 5.41) is 31.6. The largest absolute Gasteiger partial charge is 0.504 e. The van der Waals surface area contributed by atoms with Crippen LogP contribution in [0, 0.1) is 5.92 Å². The molecule has 0 saturated heterocycles. The molecule has 1 heterocycles. The van der Waals surface area contributed by atoms with E-state index in [9.17, 15) is 9.90 Å². The second-order valence-corrected chi connectivity index (χ2v) is 8.52. The van der Waals surface area contributed by atoms with Gasteiger partial charge in [0.15, 0.2) is 16.6 Å². The van der Waals surface area contributed by atoms with Crippen molar-refractivity contribution in [1.82, 2.24) is 15.2 Å². The first-order valence-corrected chi connectivity index (χ1v) is 10.9. The summed E-state index contributed by atoms with van der Waals surface area (Å²) < 4.78 is 1.63. The van der Waals surface area contributed by atoms with Gasteiger partial charge in [-0.05, 0) is 61.3 Å². The molecule has 3 rings (SSSR count). The Labute approximate surface area is 198 Å². The van der Waals surface area contributed by atoms with E-state index in [1.807, 2.05) is 12.1 Å². The summed E-state index contributed by atoms with van der Waals surface area (Å²) >= 11 is 5.24. The first kappa shape index (κ1) is 23.9. The molecule has 9 heteroatoms. The number of aromatic hydroxyl groups is 1. The number of hydrogen-bond donors (Lipinski definition) is 4. The van der Waals surface area contributed by atoms with Crippen LogP contribution in [0.2, 0.25) is 0 Å². The molecule has 0 bridgehead atoms. The summed E-state index contributed by atoms with van der Waals surface area (Å²) in [6, 6.07) is 14.3. The van der Waals surface area contributed by atoms with Gasteiger partial charge in [0.1, 0.15) is 5.69 Å². The van der Waals surface area contributed by atoms with Gasteiger partial charge >= 0.3 is 5.97 Å². The Morgan fingerprint density at radius 3 is 2.36 bits per heavy atom. The molecular formula is C24H27N5O3S. The number of thiocarbonyl (C=S) groups is 1. The molecule has 0 spiro atoms. The van der Waals surface area contributed by atoms with Crippen molar-refractivity contribution >= 4 is 34.7 Å². The number of rotatable bonds is 7. The van der Waals surface area contributed by atoms with Crippen molar-refractivity contribution in [3.63, 3.8) is 0 Å². The Hall–Kier alpha value is -3.72. The van der Waals surface area contributed by atoms with Gasteiger partial charge in [-0.2, -0.15) is 10.2 Å². The Morgan fingerprint density at radius 1 is 1.15 bits per heavy atom. The molecule has 0 saturated carbocycles. The molecule has 8 nitrogen and oxygen atoms in total. The molecule has 33 heavy (non-hydrogen) atoms. The van der Waals surface area contributed by atoms with Crippen LogP contribution in [0.25, 0.3) is 11.3 Å². The number of hydrogen-bond acceptors (Lipinski definition) is 5. The topological polar surface area (TPSA) is 112 Å². The second kappa shape index (κ2) is 10.3. The van der Waals surface area contributed by atoms with Crippen molar-refractivity contribution in [2.75, 3.05) is 5.32 Å². The summed E-state index contributed by atoms with van der Waals surface area (Å²) in [6.07, 6.45) is 0.998. The van der Waals surface area contributed by atoms with Crippen LogP contribution in [-0.2, 0) is 13.5 Å². The lowest BCUT2D eigenvalue weighted by atomic mass is 10.0. The molecule has 0 unspecified atom stereocenters. The summed E-state index contributed by atoms with van der Waals surface area (Å²) in [5.41, 5.74) is 7.04. The predicted molar refractivity (Wildman–Crippen MR) is 134 cm³/mol. The summed E-state index contributed by atoms with van der Waals surface area (Å²) in [6.45, 7) is 6.08. The number of nitrogens with one attached hydrogen (secondary N) is 2. The van der Waals surface area contributed by atoms with Gasteiger partial charge in [0.2, 0.25) is 0 Å². The van der Waals surface area contributed by atoms with Crippen LogP contribution in [-0.4, -0.2) is 36.8 Å². The van der Waals surface area contributed by atoms with E-state index in [-0.39, 0.29) is 16.4 Å². The van der Waals surface area contributed by atoms with Gasteiger partial charge < -0.3 is 15.5 Å². The van der Waals surface area contributed by atoms with Gasteiger partial charge in [-0.15, -0.1) is 0 Å². The molecule has 2 aromatic carbocycles. The third-order valence-corrected chi connectivity index (χ3v) is 5.14. The summed E-state index contributed by atoms with van der Waals surface area (Å²) in [7, 11) is 1.77. The standard InChI is InChI=1S/C24H27N5O3S/c1-14(2)13-16-5-7-17(8-6-16)21-22(30)20(28-29(21)4)15(3)26-27-24(33)25-19-11-9-18(10-12-19)23(31)32/h5-12,14,30H,13H2,1-4H3,(H,31,32)(H2,25,27,33). The van der Waals surface area contributed by atoms with Gasteiger partial charge in [-0.1, -0.05) is 38.1 Å². The van der Waals surface area contributed by atoms with E-state index in [4.69, 9.17) is 17.3 Å². The highest BCUT2D eigenvalue weighted by Gasteiger charge is 2.19. The smallest absolute Gasteiger partial charge is 0.335 e. The monoisotopic (exact) mass is 465 g/mol. The number of carboxylic acids is 1. The van der Waals surface area contributed by atoms with Gasteiger partial charge in [0.25, 0.3) is 0 Å². The Bertz CT molecular complexity index is 1180. The zero-order chi connectivity index (χ0) is 24.1. The minimum absolute atomic E-state index is 0.0419. The van der Waals surface area contributed by atoms with Crippen molar-refractivity contribution in [3.8, 4) is 17.0 Å². The molecule has 0 aliphatic rings. The SMILES string of the molecule is CC(=NNC(=S)Nc1ccc(C(=O)O)cc1)c1nn(C)c(-c2ccc(CC(C)C)cc2)c1O. The van der Waals surface area contributed by atoms with Crippen LogP contribution in [0.5, 0.6) is 5.75 Å². The van der Waals surface area contributed by atoms with Gasteiger partial charge in [0, 0.05) is 18.3 Å². The number of carbonyl (C=O) groups is 1. The third-order valence-electron chi connectivity index (χ3n) is 4.95. The van der Waals surface area contributed by atoms with Crippen LogP contribution in [0.3, 0.4) is 0 Å². The fourth-order valence-electron chi connectivity index (χ4n) is 3.39. The molecule has 0 amide bonds. The Balaban J connectivity index is 1.71. The molecule has 0 radical (unpaired) electrons. The number of benzene rings is 2. The highest BCUT2D eigenvalue weighted by Crippen LogP contribution is 2.32. The van der Waals surface area contributed by atoms with Crippen molar-refractivity contribution in [3.05, 3.63) is 65.4 Å². The number of hydrazone groups is 1. The van der Waals surface area contributed by atoms with Crippen molar-refractivity contribution in [2.45, 2.75) is 27.2 Å². The predicted octanol–water partition coefficient (Wildman–Crippen LogP) is 4.40. The highest BCUT2D eigenvalue weighted by molar-refractivity contribution is 7.80.